The number of phenolic OH excluding ortho intramolecular Hbond substituents is 1. The zero-order chi connectivity index (χ0) is 34.7. The van der Waals surface area contributed by atoms with Crippen LogP contribution in [0.15, 0.2) is 42.5 Å². The molecule has 4 saturated heterocycles. The van der Waals surface area contributed by atoms with Crippen molar-refractivity contribution in [2.24, 2.45) is 0 Å². The van der Waals surface area contributed by atoms with Crippen LogP contribution in [0, 0.1) is 5.82 Å². The van der Waals surface area contributed by atoms with Gasteiger partial charge in [0.1, 0.15) is 29.2 Å². The molecule has 5 heterocycles. The maximum atomic E-state index is 16.9. The van der Waals surface area contributed by atoms with E-state index in [2.05, 4.69) is 15.3 Å². The monoisotopic (exact) mass is 709 g/mol. The number of ether oxygens (including phenoxy) is 3. The van der Waals surface area contributed by atoms with Gasteiger partial charge >= 0.3 is 12.0 Å². The molecule has 3 aromatic carbocycles. The summed E-state index contributed by atoms with van der Waals surface area (Å²) in [5.74, 6) is -1.75. The molecule has 0 radical (unpaired) electrons. The molecule has 50 heavy (non-hydrogen) atoms. The number of rotatable bonds is 10. The highest BCUT2D eigenvalue weighted by Crippen LogP contribution is 2.43. The van der Waals surface area contributed by atoms with Crippen LogP contribution >= 0.6 is 11.6 Å². The first-order valence-electron chi connectivity index (χ1n) is 16.5. The Balaban J connectivity index is 1.21. The number of hydrogen-bond acceptors (Lipinski definition) is 11. The molecule has 0 spiro atoms. The van der Waals surface area contributed by atoms with E-state index in [-0.39, 0.29) is 70.2 Å². The van der Waals surface area contributed by atoms with E-state index in [4.69, 9.17) is 25.8 Å². The van der Waals surface area contributed by atoms with Gasteiger partial charge in [0.2, 0.25) is 0 Å². The number of alkyl halides is 1. The summed E-state index contributed by atoms with van der Waals surface area (Å²) in [5, 5.41) is 25.4. The van der Waals surface area contributed by atoms with Crippen LogP contribution in [0.2, 0.25) is 5.02 Å². The fraction of sp³-hybridized carbons (Fsp3) is 0.429. The normalized spacial score (nSPS) is 25.9. The largest absolute Gasteiger partial charge is 0.508 e. The number of hydrogen-bond donors (Lipinski definition) is 3. The molecule has 15 heteroatoms. The lowest BCUT2D eigenvalue weighted by Crippen LogP contribution is -2.63. The van der Waals surface area contributed by atoms with E-state index in [1.807, 2.05) is 4.90 Å². The van der Waals surface area contributed by atoms with E-state index in [1.165, 1.54) is 12.1 Å². The van der Waals surface area contributed by atoms with Gasteiger partial charge in [-0.05, 0) is 60.2 Å². The number of anilines is 1. The number of halogens is 3. The number of aliphatic carboxylic acids is 1. The Morgan fingerprint density at radius 3 is 2.70 bits per heavy atom. The average molecular weight is 710 g/mol. The smallest absolute Gasteiger partial charge is 0.325 e. The van der Waals surface area contributed by atoms with Gasteiger partial charge in [0, 0.05) is 42.2 Å². The summed E-state index contributed by atoms with van der Waals surface area (Å²) >= 11 is 6.82. The molecule has 4 aliphatic rings. The van der Waals surface area contributed by atoms with Crippen molar-refractivity contribution < 1.29 is 42.8 Å². The fourth-order valence-corrected chi connectivity index (χ4v) is 8.49. The number of nitrogens with zero attached hydrogens (tertiary/aromatic N) is 4. The molecule has 12 nitrogen and oxygen atoms in total. The van der Waals surface area contributed by atoms with E-state index >= 15 is 8.78 Å². The number of piperazine rings is 1. The zero-order valence-corrected chi connectivity index (χ0v) is 27.5. The van der Waals surface area contributed by atoms with Crippen LogP contribution in [0.1, 0.15) is 25.7 Å². The minimum atomic E-state index is -1.82. The summed E-state index contributed by atoms with van der Waals surface area (Å²) in [4.78, 5) is 36.4. The maximum Gasteiger partial charge on any atom is 0.325 e. The van der Waals surface area contributed by atoms with E-state index in [9.17, 15) is 19.8 Å². The number of phenols is 1. The van der Waals surface area contributed by atoms with Gasteiger partial charge in [0.25, 0.3) is 6.47 Å². The third-order valence-corrected chi connectivity index (χ3v) is 10.7. The van der Waals surface area contributed by atoms with E-state index in [0.29, 0.717) is 48.9 Å². The van der Waals surface area contributed by atoms with Crippen molar-refractivity contribution in [3.8, 4) is 22.9 Å². The summed E-state index contributed by atoms with van der Waals surface area (Å²) in [7, 11) is 0. The fourth-order valence-electron chi connectivity index (χ4n) is 8.20. The standard InChI is InChI=1S/C35H34ClF2N5O7/c36-26-11-25-30(29(38)28(26)24-10-22(45)9-18-3-1-2-4-23(18)24)39-34(40-31(25)42-12-19-7-8-35(16-42,41-19)33(46)47)49-15-27(37)32(50-17-44)43-20-5-6-21(43)14-48-13-20/h1-4,9-11,17,19-21,27,32,41,45H,5-8,12-16H2,(H,46,47). The zero-order valence-electron chi connectivity index (χ0n) is 26.7. The summed E-state index contributed by atoms with van der Waals surface area (Å²) in [6.45, 7) is 0.745. The molecule has 4 bridgehead atoms. The molecule has 8 rings (SSSR count). The Kier molecular flexibility index (Phi) is 8.37. The Bertz CT molecular complexity index is 1990. The van der Waals surface area contributed by atoms with Gasteiger partial charge in [-0.1, -0.05) is 35.9 Å². The lowest BCUT2D eigenvalue weighted by Gasteiger charge is -2.40. The number of carboxylic acids is 1. The molecule has 4 fully saturated rings. The van der Waals surface area contributed by atoms with Gasteiger partial charge in [-0.25, -0.2) is 8.78 Å². The first-order chi connectivity index (χ1) is 24.2. The lowest BCUT2D eigenvalue weighted by molar-refractivity contribution is -0.171. The minimum Gasteiger partial charge on any atom is -0.508 e. The molecule has 262 valence electrons. The molecule has 3 N–H and O–H groups in total. The summed E-state index contributed by atoms with van der Waals surface area (Å²) in [5.41, 5.74) is -1.12. The first-order valence-corrected chi connectivity index (χ1v) is 16.9. The number of carbonyl (C=O) groups is 2. The molecule has 0 aliphatic carbocycles. The predicted molar refractivity (Wildman–Crippen MR) is 179 cm³/mol. The number of benzene rings is 3. The molecule has 0 amide bonds. The molecular formula is C35H34ClF2N5O7. The van der Waals surface area contributed by atoms with Crippen LogP contribution in [0.5, 0.6) is 11.8 Å². The second-order valence-corrected chi connectivity index (χ2v) is 13.9. The highest BCUT2D eigenvalue weighted by atomic mass is 35.5. The molecule has 0 saturated carbocycles. The molecule has 6 atom stereocenters. The van der Waals surface area contributed by atoms with Crippen LogP contribution < -0.4 is 15.0 Å². The van der Waals surface area contributed by atoms with Gasteiger partial charge in [-0.15, -0.1) is 0 Å². The van der Waals surface area contributed by atoms with Gasteiger partial charge in [0.05, 0.1) is 18.2 Å². The van der Waals surface area contributed by atoms with Crippen molar-refractivity contribution in [1.82, 2.24) is 20.2 Å². The highest BCUT2D eigenvalue weighted by molar-refractivity contribution is 6.35. The van der Waals surface area contributed by atoms with Crippen LogP contribution in [0.4, 0.5) is 14.6 Å². The summed E-state index contributed by atoms with van der Waals surface area (Å²) in [6, 6.07) is 10.9. The van der Waals surface area contributed by atoms with E-state index < -0.39 is 36.3 Å². The van der Waals surface area contributed by atoms with Crippen molar-refractivity contribution in [3.05, 3.63) is 53.3 Å². The van der Waals surface area contributed by atoms with Crippen molar-refractivity contribution in [2.75, 3.05) is 37.8 Å². The van der Waals surface area contributed by atoms with Crippen LogP contribution in [0.3, 0.4) is 0 Å². The van der Waals surface area contributed by atoms with E-state index in [0.717, 1.165) is 12.8 Å². The maximum absolute atomic E-state index is 16.9. The number of aromatic hydroxyl groups is 1. The van der Waals surface area contributed by atoms with Crippen molar-refractivity contribution >= 4 is 51.5 Å². The Morgan fingerprint density at radius 2 is 1.94 bits per heavy atom. The second-order valence-electron chi connectivity index (χ2n) is 13.5. The van der Waals surface area contributed by atoms with Crippen LogP contribution in [0.25, 0.3) is 32.8 Å². The molecule has 4 aromatic rings. The van der Waals surface area contributed by atoms with Crippen molar-refractivity contribution in [1.29, 1.82) is 0 Å². The first kappa shape index (κ1) is 32.8. The molecule has 6 unspecified atom stereocenters. The topological polar surface area (TPSA) is 147 Å². The quantitative estimate of drug-likeness (QED) is 0.200. The average Bonchev–Trinajstić information content (AvgIpc) is 3.54. The van der Waals surface area contributed by atoms with Gasteiger partial charge in [-0.2, -0.15) is 9.97 Å². The Labute approximate surface area is 289 Å². The van der Waals surface area contributed by atoms with E-state index in [1.54, 1.807) is 35.2 Å². The highest BCUT2D eigenvalue weighted by Gasteiger charge is 2.51. The van der Waals surface area contributed by atoms with Crippen molar-refractivity contribution in [2.45, 2.75) is 61.7 Å². The van der Waals surface area contributed by atoms with Gasteiger partial charge in [-0.3, -0.25) is 19.8 Å². The molecule has 4 aliphatic heterocycles. The number of carboxylic acid groups (broad SMARTS) is 1. The third kappa shape index (κ3) is 5.54. The number of morpholine rings is 1. The Morgan fingerprint density at radius 1 is 1.16 bits per heavy atom. The summed E-state index contributed by atoms with van der Waals surface area (Å²) in [6.07, 6.45) is -0.505. The number of aromatic nitrogens is 2. The predicted octanol–water partition coefficient (Wildman–Crippen LogP) is 4.42. The van der Waals surface area contributed by atoms with Crippen LogP contribution in [-0.2, 0) is 19.1 Å². The number of carbonyl (C=O) groups excluding carboxylic acids is 1. The Hall–Kier alpha value is -4.37. The minimum absolute atomic E-state index is 0.0172. The molecular weight excluding hydrogens is 676 g/mol. The van der Waals surface area contributed by atoms with Crippen molar-refractivity contribution in [3.63, 3.8) is 0 Å². The lowest BCUT2D eigenvalue weighted by atomic mass is 9.95. The van der Waals surface area contributed by atoms with Crippen LogP contribution in [-0.4, -0.2) is 106 Å². The van der Waals surface area contributed by atoms with Gasteiger partial charge in [0.15, 0.2) is 18.2 Å². The summed E-state index contributed by atoms with van der Waals surface area (Å²) < 4.78 is 49.6. The number of fused-ring (bicyclic) bond motifs is 6. The third-order valence-electron chi connectivity index (χ3n) is 10.4. The number of nitrogens with one attached hydrogen (secondary N) is 1. The second kappa shape index (κ2) is 12.7. The molecule has 1 aromatic heterocycles. The SMILES string of the molecule is O=COC(C(F)COc1nc(N2CC3CCC(C(=O)O)(C2)N3)c2cc(Cl)c(-c3cc(O)cc4ccccc34)c(F)c2n1)N1C2CCC1COC2. The van der Waals surface area contributed by atoms with Gasteiger partial charge < -0.3 is 29.3 Å².